The van der Waals surface area contributed by atoms with Crippen LogP contribution < -0.4 is 10.1 Å². The number of hydrogen-bond donors (Lipinski definition) is 2. The number of carbonyl (C=O) groups excluding carboxylic acids is 1. The highest BCUT2D eigenvalue weighted by Crippen LogP contribution is 2.37. The fourth-order valence-electron chi connectivity index (χ4n) is 4.98. The summed E-state index contributed by atoms with van der Waals surface area (Å²) in [5.74, 6) is 1.55. The zero-order valence-corrected chi connectivity index (χ0v) is 21.4. The Bertz CT molecular complexity index is 1600. The van der Waals surface area contributed by atoms with Crippen molar-refractivity contribution in [1.82, 2.24) is 29.2 Å². The quantitative estimate of drug-likeness (QED) is 0.272. The molecule has 0 unspecified atom stereocenters. The fourth-order valence-corrected chi connectivity index (χ4v) is 5.22. The standard InChI is InChI=1S/C28H26ClN7O2/c1-2-25(37)35-11-8-18(9-12-35)21-14-30-27-26(21)28(32-17-31-27)34-19-6-7-23(22(29)13-19)38-16-20-15-36-10-4-3-5-24(36)33-20/h2-7,10,13-15,17-18H,1,8-9,11-12,16H2,(H2,30,31,32,34). The van der Waals surface area contributed by atoms with E-state index in [1.165, 1.54) is 12.4 Å². The molecule has 10 heteroatoms. The molecule has 5 heterocycles. The molecule has 5 aromatic rings. The second-order valence-corrected chi connectivity index (χ2v) is 9.66. The van der Waals surface area contributed by atoms with Crippen LogP contribution in [0.1, 0.15) is 30.0 Å². The van der Waals surface area contributed by atoms with Crippen LogP contribution in [0.2, 0.25) is 5.02 Å². The number of piperidine rings is 1. The number of aromatic amines is 1. The summed E-state index contributed by atoms with van der Waals surface area (Å²) in [5, 5.41) is 4.84. The van der Waals surface area contributed by atoms with E-state index in [2.05, 4.69) is 31.8 Å². The number of H-pyrrole nitrogens is 1. The molecule has 1 aliphatic rings. The zero-order chi connectivity index (χ0) is 26.1. The Morgan fingerprint density at radius 3 is 2.89 bits per heavy atom. The number of imidazole rings is 1. The van der Waals surface area contributed by atoms with Gasteiger partial charge in [-0.05, 0) is 60.7 Å². The molecule has 6 rings (SSSR count). The lowest BCUT2D eigenvalue weighted by Gasteiger charge is -2.31. The zero-order valence-electron chi connectivity index (χ0n) is 20.6. The van der Waals surface area contributed by atoms with E-state index < -0.39 is 0 Å². The normalized spacial score (nSPS) is 14.2. The number of nitrogens with zero attached hydrogens (tertiary/aromatic N) is 5. The van der Waals surface area contributed by atoms with Gasteiger partial charge < -0.3 is 24.3 Å². The van der Waals surface area contributed by atoms with Crippen molar-refractivity contribution in [2.45, 2.75) is 25.4 Å². The second-order valence-electron chi connectivity index (χ2n) is 9.25. The molecule has 1 amide bonds. The lowest BCUT2D eigenvalue weighted by molar-refractivity contribution is -0.127. The van der Waals surface area contributed by atoms with Crippen LogP contribution in [0.5, 0.6) is 5.75 Å². The number of halogens is 1. The lowest BCUT2D eigenvalue weighted by atomic mass is 9.89. The highest BCUT2D eigenvalue weighted by molar-refractivity contribution is 6.32. The number of fused-ring (bicyclic) bond motifs is 2. The third kappa shape index (κ3) is 4.68. The SMILES string of the molecule is C=CC(=O)N1CCC(c2c[nH]c3ncnc(Nc4ccc(OCc5cn6ccccc6n5)c(Cl)c4)c23)CC1. The number of carbonyl (C=O) groups is 1. The molecule has 4 aromatic heterocycles. The van der Waals surface area contributed by atoms with Crippen LogP contribution in [0, 0.1) is 0 Å². The number of hydrogen-bond acceptors (Lipinski definition) is 6. The van der Waals surface area contributed by atoms with Crippen LogP contribution in [0.25, 0.3) is 16.7 Å². The van der Waals surface area contributed by atoms with Crippen molar-refractivity contribution in [1.29, 1.82) is 0 Å². The van der Waals surface area contributed by atoms with Crippen LogP contribution in [0.4, 0.5) is 11.5 Å². The molecule has 1 aromatic carbocycles. The van der Waals surface area contributed by atoms with Gasteiger partial charge in [0, 0.05) is 37.4 Å². The van der Waals surface area contributed by atoms with Gasteiger partial charge in [0.15, 0.2) is 0 Å². The molecule has 38 heavy (non-hydrogen) atoms. The van der Waals surface area contributed by atoms with Crippen molar-refractivity contribution in [3.8, 4) is 5.75 Å². The van der Waals surface area contributed by atoms with E-state index in [9.17, 15) is 4.79 Å². The Morgan fingerprint density at radius 2 is 2.11 bits per heavy atom. The average Bonchev–Trinajstić information content (AvgIpc) is 3.57. The van der Waals surface area contributed by atoms with E-state index in [1.54, 1.807) is 0 Å². The molecule has 0 bridgehead atoms. The van der Waals surface area contributed by atoms with Crippen molar-refractivity contribution in [3.05, 3.63) is 90.3 Å². The van der Waals surface area contributed by atoms with Crippen molar-refractivity contribution in [2.75, 3.05) is 18.4 Å². The number of nitrogens with one attached hydrogen (secondary N) is 2. The first-order valence-corrected chi connectivity index (χ1v) is 12.8. The van der Waals surface area contributed by atoms with Gasteiger partial charge >= 0.3 is 0 Å². The van der Waals surface area contributed by atoms with Gasteiger partial charge in [-0.2, -0.15) is 0 Å². The lowest BCUT2D eigenvalue weighted by Crippen LogP contribution is -2.36. The summed E-state index contributed by atoms with van der Waals surface area (Å²) in [6.45, 7) is 5.31. The molecule has 192 valence electrons. The summed E-state index contributed by atoms with van der Waals surface area (Å²) in [5.41, 5.74) is 4.38. The van der Waals surface area contributed by atoms with E-state index in [1.807, 2.05) is 64.3 Å². The van der Waals surface area contributed by atoms with Gasteiger partial charge in [-0.25, -0.2) is 15.0 Å². The number of ether oxygens (including phenoxy) is 1. The monoisotopic (exact) mass is 527 g/mol. The number of pyridine rings is 1. The molecule has 9 nitrogen and oxygen atoms in total. The van der Waals surface area contributed by atoms with Gasteiger partial charge in [0.25, 0.3) is 0 Å². The van der Waals surface area contributed by atoms with Gasteiger partial charge in [0.2, 0.25) is 5.91 Å². The summed E-state index contributed by atoms with van der Waals surface area (Å²) in [4.78, 5) is 30.6. The molecule has 2 N–H and O–H groups in total. The first-order valence-electron chi connectivity index (χ1n) is 12.4. The van der Waals surface area contributed by atoms with Gasteiger partial charge in [-0.15, -0.1) is 0 Å². The summed E-state index contributed by atoms with van der Waals surface area (Å²) < 4.78 is 7.90. The van der Waals surface area contributed by atoms with Crippen LogP contribution in [0.15, 0.2) is 74.0 Å². The minimum Gasteiger partial charge on any atom is -0.486 e. The summed E-state index contributed by atoms with van der Waals surface area (Å²) in [6.07, 6.45) is 10.5. The maximum Gasteiger partial charge on any atom is 0.245 e. The predicted octanol–water partition coefficient (Wildman–Crippen LogP) is 5.47. The number of benzene rings is 1. The molecule has 0 spiro atoms. The van der Waals surface area contributed by atoms with E-state index in [0.717, 1.165) is 46.5 Å². The second kappa shape index (κ2) is 10.2. The van der Waals surface area contributed by atoms with Crippen LogP contribution in [-0.4, -0.2) is 48.2 Å². The van der Waals surface area contributed by atoms with E-state index >= 15 is 0 Å². The Balaban J connectivity index is 1.18. The Morgan fingerprint density at radius 1 is 1.24 bits per heavy atom. The van der Waals surface area contributed by atoms with Gasteiger partial charge in [-0.3, -0.25) is 4.79 Å². The first kappa shape index (κ1) is 24.0. The van der Waals surface area contributed by atoms with Crippen molar-refractivity contribution < 1.29 is 9.53 Å². The highest BCUT2D eigenvalue weighted by Gasteiger charge is 2.26. The molecular formula is C28H26ClN7O2. The van der Waals surface area contributed by atoms with Crippen LogP contribution in [0.3, 0.4) is 0 Å². The highest BCUT2D eigenvalue weighted by atomic mass is 35.5. The Hall–Kier alpha value is -4.37. The molecule has 1 aliphatic heterocycles. The molecule has 0 aliphatic carbocycles. The van der Waals surface area contributed by atoms with Crippen LogP contribution >= 0.6 is 11.6 Å². The fraction of sp³-hybridized carbons (Fsp3) is 0.214. The molecule has 1 fully saturated rings. The molecule has 0 atom stereocenters. The number of rotatable bonds is 7. The van der Waals surface area contributed by atoms with Crippen molar-refractivity contribution in [2.24, 2.45) is 0 Å². The maximum absolute atomic E-state index is 12.0. The number of likely N-dealkylation sites (tertiary alicyclic amines) is 1. The number of aromatic nitrogens is 5. The smallest absolute Gasteiger partial charge is 0.245 e. The summed E-state index contributed by atoms with van der Waals surface area (Å²) in [6, 6.07) is 11.4. The van der Waals surface area contributed by atoms with Crippen LogP contribution in [-0.2, 0) is 11.4 Å². The van der Waals surface area contributed by atoms with E-state index in [4.69, 9.17) is 16.3 Å². The number of anilines is 2. The Kier molecular flexibility index (Phi) is 6.43. The topological polar surface area (TPSA) is 100 Å². The summed E-state index contributed by atoms with van der Waals surface area (Å²) >= 11 is 6.57. The summed E-state index contributed by atoms with van der Waals surface area (Å²) in [7, 11) is 0. The minimum absolute atomic E-state index is 0.0179. The van der Waals surface area contributed by atoms with Crippen molar-refractivity contribution >= 4 is 45.7 Å². The average molecular weight is 528 g/mol. The minimum atomic E-state index is -0.0179. The molecule has 0 saturated carbocycles. The Labute approximate surface area is 224 Å². The predicted molar refractivity (Wildman–Crippen MR) is 147 cm³/mol. The molecule has 0 radical (unpaired) electrons. The third-order valence-electron chi connectivity index (χ3n) is 6.91. The maximum atomic E-state index is 12.0. The molecular weight excluding hydrogens is 502 g/mol. The van der Waals surface area contributed by atoms with Gasteiger partial charge in [0.1, 0.15) is 35.8 Å². The molecule has 1 saturated heterocycles. The van der Waals surface area contributed by atoms with Gasteiger partial charge in [-0.1, -0.05) is 24.2 Å². The van der Waals surface area contributed by atoms with Crippen molar-refractivity contribution in [3.63, 3.8) is 0 Å². The van der Waals surface area contributed by atoms with Gasteiger partial charge in [0.05, 0.1) is 16.1 Å². The largest absolute Gasteiger partial charge is 0.486 e. The first-order chi connectivity index (χ1) is 18.6. The van der Waals surface area contributed by atoms with E-state index in [0.29, 0.717) is 42.2 Å². The third-order valence-corrected chi connectivity index (χ3v) is 7.20. The van der Waals surface area contributed by atoms with E-state index in [-0.39, 0.29) is 5.91 Å². The number of amides is 1.